The van der Waals surface area contributed by atoms with Crippen molar-refractivity contribution in [3.05, 3.63) is 11.3 Å². The third-order valence-corrected chi connectivity index (χ3v) is 6.24. The monoisotopic (exact) mass is 289 g/mol. The molecule has 1 saturated heterocycles. The van der Waals surface area contributed by atoms with Crippen molar-refractivity contribution in [2.45, 2.75) is 43.1 Å². The van der Waals surface area contributed by atoms with E-state index in [9.17, 15) is 8.42 Å². The number of aromatic nitrogens is 2. The van der Waals surface area contributed by atoms with Gasteiger partial charge in [-0.15, -0.1) is 11.6 Å². The minimum Gasteiger partial charge on any atom is -0.281 e. The van der Waals surface area contributed by atoms with Crippen LogP contribution in [0.15, 0.2) is 5.03 Å². The fraction of sp³-hybridized carbons (Fsp3) is 0.727. The zero-order valence-electron chi connectivity index (χ0n) is 10.2. The molecule has 2 bridgehead atoms. The number of H-pyrrole nitrogens is 1. The van der Waals surface area contributed by atoms with Gasteiger partial charge in [-0.25, -0.2) is 8.42 Å². The van der Waals surface area contributed by atoms with Crippen molar-refractivity contribution in [2.24, 2.45) is 5.92 Å². The van der Waals surface area contributed by atoms with Crippen LogP contribution in [0.25, 0.3) is 0 Å². The second-order valence-electron chi connectivity index (χ2n) is 5.17. The third-order valence-electron chi connectivity index (χ3n) is 4.08. The summed E-state index contributed by atoms with van der Waals surface area (Å²) in [6.07, 6.45) is 3.13. The predicted molar refractivity (Wildman–Crippen MR) is 67.9 cm³/mol. The minimum absolute atomic E-state index is 0.113. The quantitative estimate of drug-likeness (QED) is 0.860. The number of nitrogens with one attached hydrogen (secondary N) is 1. The molecule has 0 aromatic carbocycles. The average Bonchev–Trinajstić information content (AvgIpc) is 3.02. The number of halogens is 1. The molecule has 2 fully saturated rings. The van der Waals surface area contributed by atoms with Gasteiger partial charge in [-0.05, 0) is 32.1 Å². The predicted octanol–water partition coefficient (Wildman–Crippen LogP) is 1.63. The highest BCUT2D eigenvalue weighted by Crippen LogP contribution is 2.40. The highest BCUT2D eigenvalue weighted by Gasteiger charge is 2.45. The smallest absolute Gasteiger partial charge is 0.262 e. The highest BCUT2D eigenvalue weighted by molar-refractivity contribution is 7.89. The SMILES string of the molecule is Cc1[nH]nc(S(=O)(=O)N2CC3CCC2C3)c1CCl. The van der Waals surface area contributed by atoms with Crippen LogP contribution in [-0.2, 0) is 15.9 Å². The van der Waals surface area contributed by atoms with E-state index >= 15 is 0 Å². The lowest BCUT2D eigenvalue weighted by atomic mass is 10.1. The second kappa shape index (κ2) is 4.21. The average molecular weight is 290 g/mol. The van der Waals surface area contributed by atoms with E-state index in [0.29, 0.717) is 18.0 Å². The fourth-order valence-corrected chi connectivity index (χ4v) is 5.40. The molecule has 1 aromatic heterocycles. The molecule has 7 heteroatoms. The lowest BCUT2D eigenvalue weighted by molar-refractivity contribution is 0.332. The van der Waals surface area contributed by atoms with Crippen LogP contribution in [0.5, 0.6) is 0 Å². The van der Waals surface area contributed by atoms with E-state index in [0.717, 1.165) is 25.0 Å². The van der Waals surface area contributed by atoms with Crippen LogP contribution >= 0.6 is 11.6 Å². The molecule has 3 rings (SSSR count). The summed E-state index contributed by atoms with van der Waals surface area (Å²) in [5.74, 6) is 0.697. The Balaban J connectivity index is 1.99. The number of rotatable bonds is 3. The number of alkyl halides is 1. The highest BCUT2D eigenvalue weighted by atomic mass is 35.5. The Labute approximate surface area is 112 Å². The Morgan fingerprint density at radius 2 is 2.28 bits per heavy atom. The number of aryl methyl sites for hydroxylation is 1. The summed E-state index contributed by atoms with van der Waals surface area (Å²) in [5.41, 5.74) is 1.33. The number of sulfonamides is 1. The van der Waals surface area contributed by atoms with Gasteiger partial charge >= 0.3 is 0 Å². The van der Waals surface area contributed by atoms with Crippen molar-refractivity contribution in [3.63, 3.8) is 0 Å². The van der Waals surface area contributed by atoms with Gasteiger partial charge in [0.1, 0.15) is 0 Å². The van der Waals surface area contributed by atoms with Gasteiger partial charge in [-0.2, -0.15) is 9.40 Å². The molecule has 1 aliphatic heterocycles. The first kappa shape index (κ1) is 12.4. The van der Waals surface area contributed by atoms with Crippen LogP contribution in [0.4, 0.5) is 0 Å². The van der Waals surface area contributed by atoms with Crippen molar-refractivity contribution >= 4 is 21.6 Å². The van der Waals surface area contributed by atoms with Gasteiger partial charge in [-0.1, -0.05) is 0 Å². The van der Waals surface area contributed by atoms with Gasteiger partial charge in [0.2, 0.25) is 0 Å². The third kappa shape index (κ3) is 1.70. The number of hydrogen-bond donors (Lipinski definition) is 1. The number of fused-ring (bicyclic) bond motifs is 2. The zero-order chi connectivity index (χ0) is 12.9. The molecule has 18 heavy (non-hydrogen) atoms. The van der Waals surface area contributed by atoms with Gasteiger partial charge in [0.25, 0.3) is 10.0 Å². The van der Waals surface area contributed by atoms with Gasteiger partial charge in [0, 0.05) is 23.8 Å². The number of aromatic amines is 1. The van der Waals surface area contributed by atoms with Crippen LogP contribution in [0.1, 0.15) is 30.5 Å². The normalized spacial score (nSPS) is 28.1. The second-order valence-corrected chi connectivity index (χ2v) is 7.25. The van der Waals surface area contributed by atoms with E-state index in [1.807, 2.05) is 0 Å². The van der Waals surface area contributed by atoms with E-state index in [1.165, 1.54) is 0 Å². The van der Waals surface area contributed by atoms with Gasteiger partial charge in [0.15, 0.2) is 5.03 Å². The number of hydrogen-bond acceptors (Lipinski definition) is 3. The summed E-state index contributed by atoms with van der Waals surface area (Å²) in [6.45, 7) is 2.43. The molecule has 0 spiro atoms. The number of piperidine rings is 1. The molecule has 2 unspecified atom stereocenters. The van der Waals surface area contributed by atoms with Gasteiger partial charge in [-0.3, -0.25) is 5.10 Å². The molecule has 1 aromatic rings. The summed E-state index contributed by atoms with van der Waals surface area (Å²) in [5, 5.41) is 6.78. The Morgan fingerprint density at radius 3 is 2.83 bits per heavy atom. The van der Waals surface area contributed by atoms with E-state index in [1.54, 1.807) is 11.2 Å². The Morgan fingerprint density at radius 1 is 1.50 bits per heavy atom. The Bertz CT molecular complexity index is 569. The standard InChI is InChI=1S/C11H16ClN3O2S/c1-7-10(5-12)11(14-13-7)18(16,17)15-6-8-2-3-9(15)4-8/h8-9H,2-6H2,1H3,(H,13,14). The van der Waals surface area contributed by atoms with Crippen LogP contribution in [-0.4, -0.2) is 35.5 Å². The molecule has 5 nitrogen and oxygen atoms in total. The maximum Gasteiger partial charge on any atom is 0.262 e. The first-order valence-corrected chi connectivity index (χ1v) is 8.13. The fourth-order valence-electron chi connectivity index (χ4n) is 3.09. The maximum absolute atomic E-state index is 12.6. The number of nitrogens with zero attached hydrogens (tertiary/aromatic N) is 2. The van der Waals surface area contributed by atoms with Crippen LogP contribution in [0.2, 0.25) is 0 Å². The lowest BCUT2D eigenvalue weighted by Crippen LogP contribution is -2.38. The van der Waals surface area contributed by atoms with E-state index in [-0.39, 0.29) is 16.9 Å². The first-order chi connectivity index (χ1) is 8.54. The Kier molecular flexibility index (Phi) is 2.91. The summed E-state index contributed by atoms with van der Waals surface area (Å²) < 4.78 is 26.8. The van der Waals surface area contributed by atoms with Crippen LogP contribution in [0, 0.1) is 12.8 Å². The van der Waals surface area contributed by atoms with Crippen molar-refractivity contribution in [2.75, 3.05) is 6.54 Å². The molecule has 2 atom stereocenters. The Hall–Kier alpha value is -0.590. The van der Waals surface area contributed by atoms with Crippen LogP contribution in [0.3, 0.4) is 0 Å². The van der Waals surface area contributed by atoms with Crippen molar-refractivity contribution in [3.8, 4) is 0 Å². The molecule has 100 valence electrons. The van der Waals surface area contributed by atoms with Crippen LogP contribution < -0.4 is 0 Å². The molecule has 1 saturated carbocycles. The molecule has 0 radical (unpaired) electrons. The topological polar surface area (TPSA) is 66.1 Å². The molecule has 2 aliphatic rings. The van der Waals surface area contributed by atoms with E-state index in [2.05, 4.69) is 10.2 Å². The maximum atomic E-state index is 12.6. The largest absolute Gasteiger partial charge is 0.281 e. The van der Waals surface area contributed by atoms with Crippen molar-refractivity contribution < 1.29 is 8.42 Å². The molecular formula is C11H16ClN3O2S. The molecule has 1 aliphatic carbocycles. The van der Waals surface area contributed by atoms with Crippen molar-refractivity contribution in [1.29, 1.82) is 0 Å². The minimum atomic E-state index is -3.48. The molecular weight excluding hydrogens is 274 g/mol. The van der Waals surface area contributed by atoms with Gasteiger partial charge < -0.3 is 0 Å². The molecule has 2 heterocycles. The van der Waals surface area contributed by atoms with Gasteiger partial charge in [0.05, 0.1) is 5.88 Å². The molecule has 0 amide bonds. The summed E-state index contributed by atoms with van der Waals surface area (Å²) in [4.78, 5) is 0. The summed E-state index contributed by atoms with van der Waals surface area (Å²) in [7, 11) is -3.48. The van der Waals surface area contributed by atoms with E-state index < -0.39 is 10.0 Å². The first-order valence-electron chi connectivity index (χ1n) is 6.15. The van der Waals surface area contributed by atoms with E-state index in [4.69, 9.17) is 11.6 Å². The van der Waals surface area contributed by atoms with Crippen molar-refractivity contribution in [1.82, 2.24) is 14.5 Å². The molecule has 1 N–H and O–H groups in total. The zero-order valence-corrected chi connectivity index (χ0v) is 11.8. The summed E-state index contributed by atoms with van der Waals surface area (Å²) in [6, 6.07) is 0.167. The lowest BCUT2D eigenvalue weighted by Gasteiger charge is -2.25. The summed E-state index contributed by atoms with van der Waals surface area (Å²) >= 11 is 5.83.